The molecule has 0 radical (unpaired) electrons. The van der Waals surface area contributed by atoms with Gasteiger partial charge in [0.15, 0.2) is 0 Å². The Kier molecular flexibility index (Phi) is 3.51. The first-order chi connectivity index (χ1) is 11.3. The number of rotatable bonds is 3. The number of amides is 1. The molecule has 0 spiro atoms. The van der Waals surface area contributed by atoms with E-state index in [1.807, 2.05) is 41.0 Å². The molecule has 1 amide bonds. The molecule has 1 atom stereocenters. The zero-order valence-electron chi connectivity index (χ0n) is 12.5. The number of nitrogens with zero attached hydrogens (tertiary/aromatic N) is 3. The van der Waals surface area contributed by atoms with Gasteiger partial charge in [-0.3, -0.25) is 9.36 Å². The van der Waals surface area contributed by atoms with Gasteiger partial charge in [-0.05, 0) is 37.1 Å². The van der Waals surface area contributed by atoms with Crippen LogP contribution in [0.2, 0.25) is 0 Å². The second kappa shape index (κ2) is 5.81. The Balaban J connectivity index is 1.55. The predicted octanol–water partition coefficient (Wildman–Crippen LogP) is 2.54. The first-order valence-corrected chi connectivity index (χ1v) is 7.62. The van der Waals surface area contributed by atoms with Crippen molar-refractivity contribution in [3.63, 3.8) is 0 Å². The molecule has 3 heterocycles. The van der Waals surface area contributed by atoms with E-state index in [0.29, 0.717) is 12.3 Å². The summed E-state index contributed by atoms with van der Waals surface area (Å²) in [4.78, 5) is 20.8. The number of nitrogens with one attached hydrogen (secondary N) is 1. The highest BCUT2D eigenvalue weighted by atomic mass is 16.5. The van der Waals surface area contributed by atoms with E-state index in [2.05, 4.69) is 15.3 Å². The average Bonchev–Trinajstić information content (AvgIpc) is 3.25. The highest BCUT2D eigenvalue weighted by Crippen LogP contribution is 2.18. The summed E-state index contributed by atoms with van der Waals surface area (Å²) in [7, 11) is 0. The quantitative estimate of drug-likeness (QED) is 0.807. The maximum absolute atomic E-state index is 12.0. The third-order valence-corrected chi connectivity index (χ3v) is 3.94. The van der Waals surface area contributed by atoms with Crippen LogP contribution in [0.3, 0.4) is 0 Å². The molecule has 2 aromatic heterocycles. The van der Waals surface area contributed by atoms with Crippen molar-refractivity contribution in [1.29, 1.82) is 0 Å². The molecule has 1 fully saturated rings. The minimum absolute atomic E-state index is 0.106. The van der Waals surface area contributed by atoms with Crippen molar-refractivity contribution < 1.29 is 9.53 Å². The molecule has 3 aromatic rings. The summed E-state index contributed by atoms with van der Waals surface area (Å²) >= 11 is 0. The lowest BCUT2D eigenvalue weighted by atomic mass is 10.2. The number of pyridine rings is 1. The Labute approximate surface area is 133 Å². The standard InChI is InChI=1S/C17H16N4O2/c22-17(15-6-3-9-23-15)20-12-7-8-16(18-10-12)21-11-19-13-4-1-2-5-14(13)21/h1-2,4-5,7-8,10-11,15H,3,6,9H2,(H,20,22). The molecular weight excluding hydrogens is 292 g/mol. The first-order valence-electron chi connectivity index (χ1n) is 7.62. The van der Waals surface area contributed by atoms with Gasteiger partial charge in [-0.25, -0.2) is 9.97 Å². The fourth-order valence-corrected chi connectivity index (χ4v) is 2.75. The van der Waals surface area contributed by atoms with Crippen LogP contribution in [0, 0.1) is 0 Å². The molecule has 1 aliphatic heterocycles. The summed E-state index contributed by atoms with van der Waals surface area (Å²) in [5, 5.41) is 2.84. The Hall–Kier alpha value is -2.73. The number of para-hydroxylation sites is 2. The van der Waals surface area contributed by atoms with Crippen LogP contribution >= 0.6 is 0 Å². The largest absolute Gasteiger partial charge is 0.368 e. The topological polar surface area (TPSA) is 69.0 Å². The van der Waals surface area contributed by atoms with E-state index in [0.717, 1.165) is 29.7 Å². The lowest BCUT2D eigenvalue weighted by molar-refractivity contribution is -0.124. The van der Waals surface area contributed by atoms with Gasteiger partial charge in [0.2, 0.25) is 0 Å². The summed E-state index contributed by atoms with van der Waals surface area (Å²) in [5.41, 5.74) is 2.58. The van der Waals surface area contributed by atoms with Crippen LogP contribution < -0.4 is 5.32 Å². The molecule has 0 saturated carbocycles. The van der Waals surface area contributed by atoms with Crippen molar-refractivity contribution in [2.75, 3.05) is 11.9 Å². The van der Waals surface area contributed by atoms with Crippen LogP contribution in [0.5, 0.6) is 0 Å². The minimum atomic E-state index is -0.340. The van der Waals surface area contributed by atoms with E-state index in [-0.39, 0.29) is 12.0 Å². The number of aromatic nitrogens is 3. The molecule has 4 rings (SSSR count). The van der Waals surface area contributed by atoms with Gasteiger partial charge in [0.05, 0.1) is 22.9 Å². The summed E-state index contributed by atoms with van der Waals surface area (Å²) in [6.07, 6.45) is 4.77. The number of anilines is 1. The number of hydrogen-bond acceptors (Lipinski definition) is 4. The molecule has 0 aliphatic carbocycles. The lowest BCUT2D eigenvalue weighted by Gasteiger charge is -2.10. The first kappa shape index (κ1) is 13.9. The number of benzene rings is 1. The molecule has 1 aromatic carbocycles. The van der Waals surface area contributed by atoms with Crippen molar-refractivity contribution in [3.05, 3.63) is 48.9 Å². The van der Waals surface area contributed by atoms with E-state index < -0.39 is 0 Å². The van der Waals surface area contributed by atoms with E-state index in [4.69, 9.17) is 4.74 Å². The van der Waals surface area contributed by atoms with Gasteiger partial charge < -0.3 is 10.1 Å². The van der Waals surface area contributed by atoms with Gasteiger partial charge in [0.25, 0.3) is 5.91 Å². The molecule has 1 N–H and O–H groups in total. The number of hydrogen-bond donors (Lipinski definition) is 1. The zero-order chi connectivity index (χ0) is 15.6. The monoisotopic (exact) mass is 308 g/mol. The number of fused-ring (bicyclic) bond motifs is 1. The maximum Gasteiger partial charge on any atom is 0.253 e. The number of imidazole rings is 1. The molecular formula is C17H16N4O2. The highest BCUT2D eigenvalue weighted by Gasteiger charge is 2.23. The van der Waals surface area contributed by atoms with Gasteiger partial charge in [0, 0.05) is 6.61 Å². The molecule has 1 saturated heterocycles. The average molecular weight is 308 g/mol. The summed E-state index contributed by atoms with van der Waals surface area (Å²) in [6.45, 7) is 0.656. The van der Waals surface area contributed by atoms with E-state index >= 15 is 0 Å². The van der Waals surface area contributed by atoms with Gasteiger partial charge in [0.1, 0.15) is 18.2 Å². The lowest BCUT2D eigenvalue weighted by Crippen LogP contribution is -2.26. The molecule has 116 valence electrons. The van der Waals surface area contributed by atoms with E-state index in [1.165, 1.54) is 0 Å². The molecule has 6 heteroatoms. The zero-order valence-corrected chi connectivity index (χ0v) is 12.5. The van der Waals surface area contributed by atoms with E-state index in [1.54, 1.807) is 12.5 Å². The van der Waals surface area contributed by atoms with Crippen LogP contribution in [0.1, 0.15) is 12.8 Å². The SMILES string of the molecule is O=C(Nc1ccc(-n2cnc3ccccc32)nc1)C1CCCO1. The summed E-state index contributed by atoms with van der Waals surface area (Å²) in [5.74, 6) is 0.652. The van der Waals surface area contributed by atoms with Crippen LogP contribution in [-0.4, -0.2) is 33.2 Å². The summed E-state index contributed by atoms with van der Waals surface area (Å²) in [6, 6.07) is 11.6. The second-order valence-electron chi connectivity index (χ2n) is 5.50. The van der Waals surface area contributed by atoms with Crippen molar-refractivity contribution in [3.8, 4) is 5.82 Å². The van der Waals surface area contributed by atoms with Crippen molar-refractivity contribution >= 4 is 22.6 Å². The van der Waals surface area contributed by atoms with E-state index in [9.17, 15) is 4.79 Å². The molecule has 1 aliphatic rings. The van der Waals surface area contributed by atoms with Crippen molar-refractivity contribution in [2.45, 2.75) is 18.9 Å². The summed E-state index contributed by atoms with van der Waals surface area (Å²) < 4.78 is 7.29. The van der Waals surface area contributed by atoms with Crippen LogP contribution in [0.25, 0.3) is 16.9 Å². The van der Waals surface area contributed by atoms with Crippen molar-refractivity contribution in [2.24, 2.45) is 0 Å². The van der Waals surface area contributed by atoms with Gasteiger partial charge in [-0.1, -0.05) is 12.1 Å². The van der Waals surface area contributed by atoms with Crippen LogP contribution in [0.15, 0.2) is 48.9 Å². The smallest absolute Gasteiger partial charge is 0.253 e. The maximum atomic E-state index is 12.0. The Bertz CT molecular complexity index is 835. The Morgan fingerprint density at radius 3 is 2.91 bits per heavy atom. The fraction of sp³-hybridized carbons (Fsp3) is 0.235. The predicted molar refractivity (Wildman–Crippen MR) is 86.5 cm³/mol. The normalized spacial score (nSPS) is 17.5. The fourth-order valence-electron chi connectivity index (χ4n) is 2.75. The van der Waals surface area contributed by atoms with Crippen LogP contribution in [-0.2, 0) is 9.53 Å². The van der Waals surface area contributed by atoms with Gasteiger partial charge in [-0.15, -0.1) is 0 Å². The number of carbonyl (C=O) groups excluding carboxylic acids is 1. The third-order valence-electron chi connectivity index (χ3n) is 3.94. The van der Waals surface area contributed by atoms with Crippen LogP contribution in [0.4, 0.5) is 5.69 Å². The van der Waals surface area contributed by atoms with Gasteiger partial charge >= 0.3 is 0 Å². The van der Waals surface area contributed by atoms with Crippen molar-refractivity contribution in [1.82, 2.24) is 14.5 Å². The number of ether oxygens (including phenoxy) is 1. The Morgan fingerprint density at radius 1 is 1.22 bits per heavy atom. The minimum Gasteiger partial charge on any atom is -0.368 e. The third kappa shape index (κ3) is 2.68. The molecule has 6 nitrogen and oxygen atoms in total. The Morgan fingerprint density at radius 2 is 2.13 bits per heavy atom. The molecule has 1 unspecified atom stereocenters. The van der Waals surface area contributed by atoms with Gasteiger partial charge in [-0.2, -0.15) is 0 Å². The molecule has 23 heavy (non-hydrogen) atoms. The molecule has 0 bridgehead atoms. The highest BCUT2D eigenvalue weighted by molar-refractivity contribution is 5.94. The number of carbonyl (C=O) groups is 1. The second-order valence-corrected chi connectivity index (χ2v) is 5.50.